The maximum absolute atomic E-state index is 14.3. The predicted molar refractivity (Wildman–Crippen MR) is 152 cm³/mol. The standard InChI is InChI=1S/C34H50F2O3/c1-3-23-5-8-25(9-6-23)26-10-12-27(13-11-26)28-14-16-29(17-15-28)30-18-7-24(21-38-30)22-39-32-20-19-31(37-4-2)33(35)34(32)36/h3,19-20,23-30H,1,4-18,21-22H2,2H3. The summed E-state index contributed by atoms with van der Waals surface area (Å²) in [5.41, 5.74) is 0. The van der Waals surface area contributed by atoms with E-state index in [4.69, 9.17) is 14.2 Å². The lowest BCUT2D eigenvalue weighted by Gasteiger charge is -2.42. The van der Waals surface area contributed by atoms with E-state index in [1.807, 2.05) is 0 Å². The predicted octanol–water partition coefficient (Wildman–Crippen LogP) is 9.14. The number of allylic oxidation sites excluding steroid dienone is 1. The summed E-state index contributed by atoms with van der Waals surface area (Å²) < 4.78 is 45.6. The fraction of sp³-hybridized carbons (Fsp3) is 0.765. The second-order valence-electron chi connectivity index (χ2n) is 13.0. The Bertz CT molecular complexity index is 903. The zero-order valence-corrected chi connectivity index (χ0v) is 24.1. The van der Waals surface area contributed by atoms with E-state index in [9.17, 15) is 8.78 Å². The van der Waals surface area contributed by atoms with Crippen LogP contribution in [0.4, 0.5) is 8.78 Å². The van der Waals surface area contributed by atoms with Gasteiger partial charge in [-0.15, -0.1) is 6.58 Å². The highest BCUT2D eigenvalue weighted by Gasteiger charge is 2.37. The monoisotopic (exact) mass is 544 g/mol. The molecule has 3 nitrogen and oxygen atoms in total. The molecule has 5 rings (SSSR count). The van der Waals surface area contributed by atoms with Crippen LogP contribution in [0.1, 0.15) is 96.8 Å². The first-order valence-corrected chi connectivity index (χ1v) is 16.0. The summed E-state index contributed by atoms with van der Waals surface area (Å²) in [6.07, 6.45) is 21.4. The minimum atomic E-state index is -0.982. The smallest absolute Gasteiger partial charge is 0.204 e. The van der Waals surface area contributed by atoms with E-state index >= 15 is 0 Å². The molecule has 1 aromatic rings. The fourth-order valence-corrected chi connectivity index (χ4v) is 8.36. The van der Waals surface area contributed by atoms with Crippen molar-refractivity contribution >= 4 is 0 Å². The molecule has 1 heterocycles. The molecule has 3 saturated carbocycles. The van der Waals surface area contributed by atoms with Gasteiger partial charge >= 0.3 is 0 Å². The Morgan fingerprint density at radius 1 is 0.718 bits per heavy atom. The summed E-state index contributed by atoms with van der Waals surface area (Å²) in [6.45, 7) is 7.04. The van der Waals surface area contributed by atoms with E-state index in [0.29, 0.717) is 25.2 Å². The van der Waals surface area contributed by atoms with Crippen LogP contribution in [0, 0.1) is 53.1 Å². The van der Waals surface area contributed by atoms with Crippen LogP contribution < -0.4 is 9.47 Å². The van der Waals surface area contributed by atoms with Crippen LogP contribution in [0.15, 0.2) is 24.8 Å². The van der Waals surface area contributed by atoms with E-state index in [1.54, 1.807) is 6.92 Å². The van der Waals surface area contributed by atoms with Crippen molar-refractivity contribution in [1.82, 2.24) is 0 Å². The molecule has 4 fully saturated rings. The second-order valence-corrected chi connectivity index (χ2v) is 13.0. The van der Waals surface area contributed by atoms with Gasteiger partial charge < -0.3 is 14.2 Å². The Morgan fingerprint density at radius 3 is 1.67 bits per heavy atom. The molecule has 1 saturated heterocycles. The summed E-state index contributed by atoms with van der Waals surface area (Å²) in [5.74, 6) is 3.44. The Kier molecular flexibility index (Phi) is 10.2. The lowest BCUT2D eigenvalue weighted by molar-refractivity contribution is -0.0677. The molecule has 218 valence electrons. The molecule has 39 heavy (non-hydrogen) atoms. The fourth-order valence-electron chi connectivity index (χ4n) is 8.36. The zero-order valence-electron chi connectivity index (χ0n) is 24.1. The van der Waals surface area contributed by atoms with Crippen LogP contribution in [0.5, 0.6) is 11.5 Å². The molecule has 1 aromatic carbocycles. The van der Waals surface area contributed by atoms with E-state index in [0.717, 1.165) is 42.4 Å². The van der Waals surface area contributed by atoms with Crippen LogP contribution in [0.3, 0.4) is 0 Å². The second kappa shape index (κ2) is 13.8. The van der Waals surface area contributed by atoms with Gasteiger partial charge in [-0.2, -0.15) is 8.78 Å². The maximum atomic E-state index is 14.3. The quantitative estimate of drug-likeness (QED) is 0.290. The number of benzene rings is 1. The van der Waals surface area contributed by atoms with Crippen molar-refractivity contribution in [3.63, 3.8) is 0 Å². The van der Waals surface area contributed by atoms with E-state index in [-0.39, 0.29) is 24.0 Å². The van der Waals surface area contributed by atoms with Crippen molar-refractivity contribution in [3.8, 4) is 11.5 Å². The van der Waals surface area contributed by atoms with Gasteiger partial charge in [0.1, 0.15) is 0 Å². The van der Waals surface area contributed by atoms with Gasteiger partial charge in [-0.1, -0.05) is 6.08 Å². The van der Waals surface area contributed by atoms with Gasteiger partial charge in [0.15, 0.2) is 11.5 Å². The SMILES string of the molecule is C=CC1CCC(C2CCC(C3CCC(C4CCC(COc5ccc(OCC)c(F)c5F)CO4)CC3)CC2)CC1. The van der Waals surface area contributed by atoms with Gasteiger partial charge in [0, 0.05) is 5.92 Å². The number of ether oxygens (including phenoxy) is 3. The summed E-state index contributed by atoms with van der Waals surface area (Å²) in [4.78, 5) is 0. The average molecular weight is 545 g/mol. The first-order chi connectivity index (χ1) is 19.1. The third-order valence-electron chi connectivity index (χ3n) is 10.8. The number of hydrogen-bond donors (Lipinski definition) is 0. The first kappa shape index (κ1) is 28.9. The molecule has 0 radical (unpaired) electrons. The molecule has 0 spiro atoms. The molecule has 0 aromatic heterocycles. The van der Waals surface area contributed by atoms with Crippen LogP contribution >= 0.6 is 0 Å². The zero-order chi connectivity index (χ0) is 27.2. The molecule has 3 aliphatic carbocycles. The van der Waals surface area contributed by atoms with E-state index in [2.05, 4.69) is 12.7 Å². The summed E-state index contributed by atoms with van der Waals surface area (Å²) >= 11 is 0. The average Bonchev–Trinajstić information content (AvgIpc) is 3.00. The van der Waals surface area contributed by atoms with Gasteiger partial charge in [0.05, 0.1) is 25.9 Å². The molecule has 1 aliphatic heterocycles. The number of hydrogen-bond acceptors (Lipinski definition) is 3. The Balaban J connectivity index is 0.987. The van der Waals surface area contributed by atoms with Gasteiger partial charge in [0.25, 0.3) is 0 Å². The lowest BCUT2D eigenvalue weighted by atomic mass is 9.64. The topological polar surface area (TPSA) is 27.7 Å². The van der Waals surface area contributed by atoms with Gasteiger partial charge in [-0.3, -0.25) is 0 Å². The van der Waals surface area contributed by atoms with Crippen LogP contribution in [-0.2, 0) is 4.74 Å². The molecular formula is C34H50F2O3. The number of rotatable bonds is 9. The number of halogens is 2. The van der Waals surface area contributed by atoms with Crippen molar-refractivity contribution < 1.29 is 23.0 Å². The minimum Gasteiger partial charge on any atom is -0.491 e. The lowest BCUT2D eigenvalue weighted by Crippen LogP contribution is -2.37. The molecule has 4 aliphatic rings. The molecule has 5 heteroatoms. The molecule has 2 unspecified atom stereocenters. The summed E-state index contributed by atoms with van der Waals surface area (Å²) in [7, 11) is 0. The van der Waals surface area contributed by atoms with Gasteiger partial charge in [0.2, 0.25) is 11.6 Å². The summed E-state index contributed by atoms with van der Waals surface area (Å²) in [5, 5.41) is 0. The third-order valence-corrected chi connectivity index (χ3v) is 10.8. The highest BCUT2D eigenvalue weighted by atomic mass is 19.2. The first-order valence-electron chi connectivity index (χ1n) is 16.0. The molecule has 0 amide bonds. The molecule has 2 atom stereocenters. The highest BCUT2D eigenvalue weighted by molar-refractivity contribution is 5.35. The Morgan fingerprint density at radius 2 is 1.21 bits per heavy atom. The van der Waals surface area contributed by atoms with Gasteiger partial charge in [-0.05, 0) is 144 Å². The van der Waals surface area contributed by atoms with E-state index in [1.165, 1.54) is 89.2 Å². The minimum absolute atomic E-state index is 0.0505. The molecule has 0 bridgehead atoms. The van der Waals surface area contributed by atoms with Crippen LogP contribution in [0.2, 0.25) is 0 Å². The van der Waals surface area contributed by atoms with E-state index < -0.39 is 11.6 Å². The highest BCUT2D eigenvalue weighted by Crippen LogP contribution is 2.47. The normalized spacial score (nSPS) is 35.8. The third kappa shape index (κ3) is 7.18. The Labute approximate surface area is 235 Å². The van der Waals surface area contributed by atoms with Crippen LogP contribution in [-0.4, -0.2) is 25.9 Å². The van der Waals surface area contributed by atoms with Crippen molar-refractivity contribution in [2.45, 2.75) is 103 Å². The van der Waals surface area contributed by atoms with Crippen molar-refractivity contribution in [1.29, 1.82) is 0 Å². The van der Waals surface area contributed by atoms with Crippen molar-refractivity contribution in [2.75, 3.05) is 19.8 Å². The molecular weight excluding hydrogens is 494 g/mol. The largest absolute Gasteiger partial charge is 0.491 e. The van der Waals surface area contributed by atoms with Crippen molar-refractivity contribution in [2.24, 2.45) is 41.4 Å². The molecule has 0 N–H and O–H groups in total. The van der Waals surface area contributed by atoms with Crippen molar-refractivity contribution in [3.05, 3.63) is 36.4 Å². The summed E-state index contributed by atoms with van der Waals surface area (Å²) in [6, 6.07) is 2.89. The maximum Gasteiger partial charge on any atom is 0.204 e. The van der Waals surface area contributed by atoms with Crippen LogP contribution in [0.25, 0.3) is 0 Å². The Hall–Kier alpha value is -1.62. The van der Waals surface area contributed by atoms with Gasteiger partial charge in [-0.25, -0.2) is 0 Å².